The number of carboxylic acid groups (broad SMARTS) is 1. The standard InChI is InChI=1S/C13H17NO6/c1-8(2)13(3,17)7-20-11-5-4-9(12(15)16)6-10(11)14(18)19/h4-6,8,17H,7H2,1-3H3,(H,15,16). The predicted octanol–water partition coefficient (Wildman–Crippen LogP) is 2.08. The van der Waals surface area contributed by atoms with Crippen LogP contribution in [-0.2, 0) is 0 Å². The number of aromatic carboxylic acids is 1. The van der Waals surface area contributed by atoms with Gasteiger partial charge in [0.2, 0.25) is 0 Å². The lowest BCUT2D eigenvalue weighted by Gasteiger charge is -2.27. The third-order valence-corrected chi connectivity index (χ3v) is 3.17. The van der Waals surface area contributed by atoms with E-state index >= 15 is 0 Å². The molecule has 1 aromatic rings. The maximum absolute atomic E-state index is 10.9. The van der Waals surface area contributed by atoms with Crippen LogP contribution >= 0.6 is 0 Å². The highest BCUT2D eigenvalue weighted by atomic mass is 16.6. The largest absolute Gasteiger partial charge is 0.484 e. The van der Waals surface area contributed by atoms with E-state index in [9.17, 15) is 20.0 Å². The average molecular weight is 283 g/mol. The fourth-order valence-corrected chi connectivity index (χ4v) is 1.31. The number of hydrogen-bond acceptors (Lipinski definition) is 5. The van der Waals surface area contributed by atoms with Crippen LogP contribution in [-0.4, -0.2) is 33.3 Å². The van der Waals surface area contributed by atoms with E-state index in [1.165, 1.54) is 12.1 Å². The summed E-state index contributed by atoms with van der Waals surface area (Å²) in [5.41, 5.74) is -1.77. The number of nitro benzene ring substituents is 1. The van der Waals surface area contributed by atoms with Gasteiger partial charge in [0, 0.05) is 6.07 Å². The lowest BCUT2D eigenvalue weighted by atomic mass is 9.94. The van der Waals surface area contributed by atoms with Gasteiger partial charge in [-0.2, -0.15) is 0 Å². The van der Waals surface area contributed by atoms with Crippen LogP contribution in [0.1, 0.15) is 31.1 Å². The number of benzene rings is 1. The Balaban J connectivity index is 3.01. The Morgan fingerprint density at radius 3 is 2.55 bits per heavy atom. The molecule has 0 saturated heterocycles. The van der Waals surface area contributed by atoms with Crippen molar-refractivity contribution in [2.45, 2.75) is 26.4 Å². The van der Waals surface area contributed by atoms with E-state index in [-0.39, 0.29) is 23.8 Å². The predicted molar refractivity (Wildman–Crippen MR) is 71.0 cm³/mol. The van der Waals surface area contributed by atoms with Crippen molar-refractivity contribution in [1.29, 1.82) is 0 Å². The van der Waals surface area contributed by atoms with Gasteiger partial charge in [-0.25, -0.2) is 4.79 Å². The minimum atomic E-state index is -1.26. The SMILES string of the molecule is CC(C)C(C)(O)COc1ccc(C(=O)O)cc1[N+](=O)[O-]. The van der Waals surface area contributed by atoms with Crippen molar-refractivity contribution in [2.75, 3.05) is 6.61 Å². The van der Waals surface area contributed by atoms with Gasteiger partial charge in [0.15, 0.2) is 5.75 Å². The quantitative estimate of drug-likeness (QED) is 0.611. The number of aliphatic hydroxyl groups is 1. The molecular weight excluding hydrogens is 266 g/mol. The Bertz CT molecular complexity index is 524. The molecule has 110 valence electrons. The molecule has 20 heavy (non-hydrogen) atoms. The zero-order chi connectivity index (χ0) is 15.5. The molecule has 0 saturated carbocycles. The average Bonchev–Trinajstić information content (AvgIpc) is 2.35. The first-order chi connectivity index (χ1) is 9.15. The minimum Gasteiger partial charge on any atom is -0.484 e. The second-order valence-electron chi connectivity index (χ2n) is 5.05. The van der Waals surface area contributed by atoms with Gasteiger partial charge in [-0.3, -0.25) is 10.1 Å². The normalized spacial score (nSPS) is 13.8. The molecule has 0 amide bonds. The molecule has 1 aromatic carbocycles. The van der Waals surface area contributed by atoms with Crippen LogP contribution in [0, 0.1) is 16.0 Å². The Labute approximate surface area is 116 Å². The van der Waals surface area contributed by atoms with E-state index in [4.69, 9.17) is 9.84 Å². The van der Waals surface area contributed by atoms with Gasteiger partial charge >= 0.3 is 11.7 Å². The zero-order valence-electron chi connectivity index (χ0n) is 11.5. The minimum absolute atomic E-state index is 0.0686. The van der Waals surface area contributed by atoms with Gasteiger partial charge in [0.25, 0.3) is 0 Å². The summed E-state index contributed by atoms with van der Waals surface area (Å²) in [6.45, 7) is 5.03. The number of ether oxygens (including phenoxy) is 1. The second-order valence-corrected chi connectivity index (χ2v) is 5.05. The Hall–Kier alpha value is -2.15. The van der Waals surface area contributed by atoms with E-state index in [0.717, 1.165) is 6.07 Å². The smallest absolute Gasteiger partial charge is 0.335 e. The maximum Gasteiger partial charge on any atom is 0.335 e. The molecule has 0 aliphatic carbocycles. The summed E-state index contributed by atoms with van der Waals surface area (Å²) < 4.78 is 5.27. The highest BCUT2D eigenvalue weighted by Gasteiger charge is 2.27. The van der Waals surface area contributed by atoms with E-state index in [1.54, 1.807) is 20.8 Å². The fraction of sp³-hybridized carbons (Fsp3) is 0.462. The van der Waals surface area contributed by atoms with Crippen LogP contribution in [0.4, 0.5) is 5.69 Å². The lowest BCUT2D eigenvalue weighted by Crippen LogP contribution is -2.37. The molecule has 7 nitrogen and oxygen atoms in total. The van der Waals surface area contributed by atoms with Crippen LogP contribution in [0.5, 0.6) is 5.75 Å². The van der Waals surface area contributed by atoms with Crippen molar-refractivity contribution in [3.63, 3.8) is 0 Å². The summed E-state index contributed by atoms with van der Waals surface area (Å²) in [6, 6.07) is 3.37. The third kappa shape index (κ3) is 3.67. The molecule has 1 rings (SSSR count). The molecule has 7 heteroatoms. The number of rotatable bonds is 6. The van der Waals surface area contributed by atoms with Crippen molar-refractivity contribution >= 4 is 11.7 Å². The van der Waals surface area contributed by atoms with E-state index in [2.05, 4.69) is 0 Å². The highest BCUT2D eigenvalue weighted by Crippen LogP contribution is 2.29. The van der Waals surface area contributed by atoms with Gasteiger partial charge in [0.1, 0.15) is 6.61 Å². The molecule has 0 aliphatic heterocycles. The number of nitrogens with zero attached hydrogens (tertiary/aromatic N) is 1. The molecular formula is C13H17NO6. The van der Waals surface area contributed by atoms with Crippen LogP contribution in [0.3, 0.4) is 0 Å². The van der Waals surface area contributed by atoms with Crippen molar-refractivity contribution in [2.24, 2.45) is 5.92 Å². The molecule has 0 spiro atoms. The van der Waals surface area contributed by atoms with Gasteiger partial charge in [-0.15, -0.1) is 0 Å². The van der Waals surface area contributed by atoms with Crippen molar-refractivity contribution in [3.8, 4) is 5.75 Å². The summed E-state index contributed by atoms with van der Waals surface area (Å²) in [6.07, 6.45) is 0. The van der Waals surface area contributed by atoms with E-state index < -0.39 is 22.2 Å². The van der Waals surface area contributed by atoms with Gasteiger partial charge in [0.05, 0.1) is 16.1 Å². The Kier molecular flexibility index (Phi) is 4.67. The van der Waals surface area contributed by atoms with Crippen molar-refractivity contribution < 1.29 is 24.7 Å². The summed E-state index contributed by atoms with van der Waals surface area (Å²) in [5.74, 6) is -1.42. The molecule has 0 aliphatic rings. The van der Waals surface area contributed by atoms with Gasteiger partial charge in [-0.05, 0) is 25.0 Å². The van der Waals surface area contributed by atoms with Crippen LogP contribution in [0.25, 0.3) is 0 Å². The van der Waals surface area contributed by atoms with Crippen molar-refractivity contribution in [3.05, 3.63) is 33.9 Å². The molecule has 0 fully saturated rings. The Morgan fingerprint density at radius 2 is 2.10 bits per heavy atom. The second kappa shape index (κ2) is 5.87. The summed E-state index contributed by atoms with van der Waals surface area (Å²) >= 11 is 0. The van der Waals surface area contributed by atoms with Crippen LogP contribution in [0.2, 0.25) is 0 Å². The number of nitro groups is 1. The highest BCUT2D eigenvalue weighted by molar-refractivity contribution is 5.88. The number of hydrogen-bond donors (Lipinski definition) is 2. The molecule has 0 heterocycles. The first kappa shape index (κ1) is 15.9. The zero-order valence-corrected chi connectivity index (χ0v) is 11.5. The summed E-state index contributed by atoms with van der Waals surface area (Å²) in [4.78, 5) is 21.0. The van der Waals surface area contributed by atoms with Crippen LogP contribution < -0.4 is 4.74 Å². The maximum atomic E-state index is 10.9. The van der Waals surface area contributed by atoms with Crippen molar-refractivity contribution in [1.82, 2.24) is 0 Å². The summed E-state index contributed by atoms with van der Waals surface area (Å²) in [7, 11) is 0. The third-order valence-electron chi connectivity index (χ3n) is 3.17. The number of carboxylic acids is 1. The molecule has 0 radical (unpaired) electrons. The van der Waals surface area contributed by atoms with E-state index in [1.807, 2.05) is 0 Å². The molecule has 0 aromatic heterocycles. The monoisotopic (exact) mass is 283 g/mol. The summed E-state index contributed by atoms with van der Waals surface area (Å²) in [5, 5.41) is 29.8. The lowest BCUT2D eigenvalue weighted by molar-refractivity contribution is -0.386. The first-order valence-electron chi connectivity index (χ1n) is 6.02. The van der Waals surface area contributed by atoms with E-state index in [0.29, 0.717) is 0 Å². The van der Waals surface area contributed by atoms with Gasteiger partial charge in [-0.1, -0.05) is 13.8 Å². The Morgan fingerprint density at radius 1 is 1.50 bits per heavy atom. The number of carbonyl (C=O) groups is 1. The van der Waals surface area contributed by atoms with Crippen LogP contribution in [0.15, 0.2) is 18.2 Å². The topological polar surface area (TPSA) is 110 Å². The molecule has 0 bridgehead atoms. The first-order valence-corrected chi connectivity index (χ1v) is 6.02. The molecule has 2 N–H and O–H groups in total. The molecule has 1 unspecified atom stereocenters. The fourth-order valence-electron chi connectivity index (χ4n) is 1.31. The molecule has 1 atom stereocenters. The van der Waals surface area contributed by atoms with Gasteiger partial charge < -0.3 is 14.9 Å².